The van der Waals surface area contributed by atoms with E-state index < -0.39 is 5.97 Å². The van der Waals surface area contributed by atoms with Crippen LogP contribution in [0.5, 0.6) is 5.75 Å². The third-order valence-electron chi connectivity index (χ3n) is 4.27. The normalized spacial score (nSPS) is 11.4. The number of benzene rings is 2. The number of esters is 2. The van der Waals surface area contributed by atoms with Gasteiger partial charge in [0.2, 0.25) is 0 Å². The van der Waals surface area contributed by atoms with Crippen molar-refractivity contribution in [3.63, 3.8) is 0 Å². The van der Waals surface area contributed by atoms with Gasteiger partial charge in [-0.05, 0) is 41.3 Å². The molecule has 0 saturated heterocycles. The molecule has 0 saturated carbocycles. The van der Waals surface area contributed by atoms with Crippen LogP contribution < -0.4 is 4.74 Å². The van der Waals surface area contributed by atoms with Gasteiger partial charge in [0.1, 0.15) is 19.0 Å². The molecule has 0 aliphatic heterocycles. The highest BCUT2D eigenvalue weighted by Gasteiger charge is 2.09. The maximum atomic E-state index is 12.1. The highest BCUT2D eigenvalue weighted by molar-refractivity contribution is 5.90. The lowest BCUT2D eigenvalue weighted by Crippen LogP contribution is -2.11. The lowest BCUT2D eigenvalue weighted by atomic mass is 10.0. The van der Waals surface area contributed by atoms with Gasteiger partial charge in [0, 0.05) is 6.08 Å². The van der Waals surface area contributed by atoms with Crippen LogP contribution in [0.25, 0.3) is 11.1 Å². The predicted molar refractivity (Wildman–Crippen MR) is 108 cm³/mol. The van der Waals surface area contributed by atoms with Crippen molar-refractivity contribution in [1.29, 1.82) is 0 Å². The molecule has 28 heavy (non-hydrogen) atoms. The van der Waals surface area contributed by atoms with Crippen molar-refractivity contribution in [2.45, 2.75) is 20.3 Å². The van der Waals surface area contributed by atoms with Gasteiger partial charge in [0.05, 0.1) is 12.2 Å². The molecule has 0 spiro atoms. The van der Waals surface area contributed by atoms with E-state index in [0.717, 1.165) is 23.6 Å². The Morgan fingerprint density at radius 1 is 0.964 bits per heavy atom. The average molecular weight is 382 g/mol. The number of carbonyl (C=O) groups excluding carboxylic acids is 2. The van der Waals surface area contributed by atoms with E-state index in [1.165, 1.54) is 0 Å². The quantitative estimate of drug-likeness (QED) is 0.340. The highest BCUT2D eigenvalue weighted by Crippen LogP contribution is 2.23. The van der Waals surface area contributed by atoms with E-state index in [0.29, 0.717) is 23.8 Å². The van der Waals surface area contributed by atoms with Crippen LogP contribution in [0.2, 0.25) is 0 Å². The van der Waals surface area contributed by atoms with Crippen molar-refractivity contribution in [2.75, 3.05) is 19.8 Å². The summed E-state index contributed by atoms with van der Waals surface area (Å²) < 4.78 is 15.7. The third kappa shape index (κ3) is 6.58. The standard InChI is InChI=1S/C23H26O5/c1-4-17(3)16-28-23(25)20-8-6-18(7-9-20)19-10-12-21(13-11-19)26-14-15-27-22(24)5-2/h5-13,17H,2,4,14-16H2,1,3H3. The fourth-order valence-electron chi connectivity index (χ4n) is 2.32. The molecular weight excluding hydrogens is 356 g/mol. The Labute approximate surface area is 165 Å². The van der Waals surface area contributed by atoms with Gasteiger partial charge in [-0.1, -0.05) is 51.1 Å². The molecule has 1 unspecified atom stereocenters. The molecule has 0 aliphatic carbocycles. The second-order valence-corrected chi connectivity index (χ2v) is 6.43. The van der Waals surface area contributed by atoms with Gasteiger partial charge in [-0.2, -0.15) is 0 Å². The predicted octanol–water partition coefficient (Wildman–Crippen LogP) is 4.66. The number of hydrogen-bond acceptors (Lipinski definition) is 5. The molecular formula is C23H26O5. The Morgan fingerprint density at radius 2 is 1.57 bits per heavy atom. The van der Waals surface area contributed by atoms with Crippen molar-refractivity contribution in [2.24, 2.45) is 5.92 Å². The molecule has 2 aromatic rings. The maximum absolute atomic E-state index is 12.1. The number of carbonyl (C=O) groups is 2. The Bertz CT molecular complexity index is 778. The fourth-order valence-corrected chi connectivity index (χ4v) is 2.32. The molecule has 0 heterocycles. The number of rotatable bonds is 10. The van der Waals surface area contributed by atoms with Gasteiger partial charge >= 0.3 is 11.9 Å². The van der Waals surface area contributed by atoms with Gasteiger partial charge in [-0.25, -0.2) is 9.59 Å². The van der Waals surface area contributed by atoms with Crippen molar-refractivity contribution >= 4 is 11.9 Å². The van der Waals surface area contributed by atoms with Crippen LogP contribution in [-0.2, 0) is 14.3 Å². The van der Waals surface area contributed by atoms with Crippen LogP contribution in [0.3, 0.4) is 0 Å². The minimum Gasteiger partial charge on any atom is -0.490 e. The molecule has 0 aliphatic rings. The summed E-state index contributed by atoms with van der Waals surface area (Å²) in [5.41, 5.74) is 2.54. The summed E-state index contributed by atoms with van der Waals surface area (Å²) in [5, 5.41) is 0. The Hall–Kier alpha value is -3.08. The summed E-state index contributed by atoms with van der Waals surface area (Å²) in [5.74, 6) is 0.278. The second-order valence-electron chi connectivity index (χ2n) is 6.43. The molecule has 0 N–H and O–H groups in total. The molecule has 0 amide bonds. The number of hydrogen-bond donors (Lipinski definition) is 0. The van der Waals surface area contributed by atoms with E-state index in [9.17, 15) is 9.59 Å². The molecule has 0 radical (unpaired) electrons. The third-order valence-corrected chi connectivity index (χ3v) is 4.27. The minimum atomic E-state index is -0.467. The van der Waals surface area contributed by atoms with E-state index in [2.05, 4.69) is 20.4 Å². The summed E-state index contributed by atoms with van der Waals surface area (Å²) >= 11 is 0. The molecule has 1 atom stereocenters. The maximum Gasteiger partial charge on any atom is 0.338 e. The zero-order valence-electron chi connectivity index (χ0n) is 16.4. The first-order valence-electron chi connectivity index (χ1n) is 9.33. The molecule has 5 nitrogen and oxygen atoms in total. The first kappa shape index (κ1) is 21.2. The molecule has 2 aromatic carbocycles. The van der Waals surface area contributed by atoms with E-state index >= 15 is 0 Å². The van der Waals surface area contributed by atoms with E-state index in [1.807, 2.05) is 36.4 Å². The van der Waals surface area contributed by atoms with Crippen LogP contribution in [0.1, 0.15) is 30.6 Å². The summed E-state index contributed by atoms with van der Waals surface area (Å²) in [6.07, 6.45) is 2.09. The van der Waals surface area contributed by atoms with Gasteiger partial charge in [0.25, 0.3) is 0 Å². The van der Waals surface area contributed by atoms with Gasteiger partial charge in [-0.15, -0.1) is 0 Å². The summed E-state index contributed by atoms with van der Waals surface area (Å²) in [7, 11) is 0. The van der Waals surface area contributed by atoms with Crippen LogP contribution >= 0.6 is 0 Å². The molecule has 0 bridgehead atoms. The Kier molecular flexibility index (Phi) is 8.28. The van der Waals surface area contributed by atoms with E-state index in [1.54, 1.807) is 12.1 Å². The summed E-state index contributed by atoms with van der Waals surface area (Å²) in [4.78, 5) is 23.0. The Balaban J connectivity index is 1.88. The minimum absolute atomic E-state index is 0.168. The summed E-state index contributed by atoms with van der Waals surface area (Å²) in [6, 6.07) is 14.9. The molecule has 2 rings (SSSR count). The van der Waals surface area contributed by atoms with E-state index in [4.69, 9.17) is 14.2 Å². The zero-order valence-corrected chi connectivity index (χ0v) is 16.4. The molecule has 148 valence electrons. The smallest absolute Gasteiger partial charge is 0.338 e. The van der Waals surface area contributed by atoms with Gasteiger partial charge in [0.15, 0.2) is 0 Å². The first-order valence-corrected chi connectivity index (χ1v) is 9.33. The molecule has 0 fully saturated rings. The monoisotopic (exact) mass is 382 g/mol. The van der Waals surface area contributed by atoms with Crippen molar-refractivity contribution < 1.29 is 23.8 Å². The lowest BCUT2D eigenvalue weighted by molar-refractivity contribution is -0.138. The van der Waals surface area contributed by atoms with Crippen molar-refractivity contribution in [3.8, 4) is 16.9 Å². The van der Waals surface area contributed by atoms with E-state index in [-0.39, 0.29) is 19.2 Å². The first-order chi connectivity index (χ1) is 13.5. The zero-order chi connectivity index (χ0) is 20.4. The van der Waals surface area contributed by atoms with Gasteiger partial charge in [-0.3, -0.25) is 0 Å². The fraction of sp³-hybridized carbons (Fsp3) is 0.304. The lowest BCUT2D eigenvalue weighted by Gasteiger charge is -2.10. The average Bonchev–Trinajstić information content (AvgIpc) is 2.75. The highest BCUT2D eigenvalue weighted by atomic mass is 16.6. The Morgan fingerprint density at radius 3 is 2.14 bits per heavy atom. The van der Waals surface area contributed by atoms with Crippen LogP contribution in [0.4, 0.5) is 0 Å². The van der Waals surface area contributed by atoms with Crippen LogP contribution in [-0.4, -0.2) is 31.8 Å². The SMILES string of the molecule is C=CC(=O)OCCOc1ccc(-c2ccc(C(=O)OCC(C)CC)cc2)cc1. The molecule has 0 aromatic heterocycles. The second kappa shape index (κ2) is 10.9. The summed E-state index contributed by atoms with van der Waals surface area (Å²) in [6.45, 7) is 8.33. The van der Waals surface area contributed by atoms with Crippen molar-refractivity contribution in [1.82, 2.24) is 0 Å². The number of ether oxygens (including phenoxy) is 3. The topological polar surface area (TPSA) is 61.8 Å². The molecule has 5 heteroatoms. The van der Waals surface area contributed by atoms with Gasteiger partial charge < -0.3 is 14.2 Å². The van der Waals surface area contributed by atoms with Crippen molar-refractivity contribution in [3.05, 3.63) is 66.7 Å². The largest absolute Gasteiger partial charge is 0.490 e. The van der Waals surface area contributed by atoms with Crippen LogP contribution in [0, 0.1) is 5.92 Å². The van der Waals surface area contributed by atoms with Crippen LogP contribution in [0.15, 0.2) is 61.2 Å².